The minimum Gasteiger partial charge on any atom is -0.367 e. The van der Waals surface area contributed by atoms with Gasteiger partial charge < -0.3 is 5.32 Å². The monoisotopic (exact) mass is 250 g/mol. The number of rotatable bonds is 2. The second-order valence-corrected chi connectivity index (χ2v) is 5.63. The molecule has 1 aromatic heterocycles. The van der Waals surface area contributed by atoms with Crippen LogP contribution in [0, 0.1) is 0 Å². The Morgan fingerprint density at radius 2 is 2.00 bits per heavy atom. The summed E-state index contributed by atoms with van der Waals surface area (Å²) in [4.78, 5) is 4.16. The van der Waals surface area contributed by atoms with Crippen molar-refractivity contribution in [1.29, 1.82) is 0 Å². The van der Waals surface area contributed by atoms with Crippen molar-refractivity contribution in [2.24, 2.45) is 0 Å². The average molecular weight is 252 g/mol. The van der Waals surface area contributed by atoms with Crippen LogP contribution in [-0.2, 0) is 3.79 Å². The molecular formula is C9H9Cl3N2. The highest BCUT2D eigenvalue weighted by Gasteiger charge is 2.24. The van der Waals surface area contributed by atoms with E-state index in [4.69, 9.17) is 34.8 Å². The summed E-state index contributed by atoms with van der Waals surface area (Å²) in [6.45, 7) is 0. The van der Waals surface area contributed by atoms with Crippen LogP contribution in [0.25, 0.3) is 0 Å². The third-order valence-corrected chi connectivity index (χ3v) is 2.67. The molecule has 14 heavy (non-hydrogen) atoms. The Hall–Kier alpha value is -0.180. The third-order valence-electron chi connectivity index (χ3n) is 2.02. The van der Waals surface area contributed by atoms with Gasteiger partial charge in [0, 0.05) is 17.8 Å². The van der Waals surface area contributed by atoms with Gasteiger partial charge in [0.25, 0.3) is 0 Å². The zero-order valence-electron chi connectivity index (χ0n) is 7.30. The minimum absolute atomic E-state index is 0.584. The molecule has 0 bridgehead atoms. The second-order valence-electron chi connectivity index (χ2n) is 3.35. The minimum atomic E-state index is -1.38. The van der Waals surface area contributed by atoms with E-state index in [-0.39, 0.29) is 0 Å². The van der Waals surface area contributed by atoms with E-state index in [9.17, 15) is 0 Å². The smallest absolute Gasteiger partial charge is 0.217 e. The van der Waals surface area contributed by atoms with Gasteiger partial charge in [0.2, 0.25) is 3.79 Å². The molecule has 0 spiro atoms. The summed E-state index contributed by atoms with van der Waals surface area (Å²) in [6.07, 6.45) is 4.01. The van der Waals surface area contributed by atoms with Gasteiger partial charge in [0.05, 0.1) is 0 Å². The average Bonchev–Trinajstić information content (AvgIpc) is 2.88. The molecule has 2 rings (SSSR count). The molecule has 1 aromatic rings. The Morgan fingerprint density at radius 3 is 2.43 bits per heavy atom. The van der Waals surface area contributed by atoms with Crippen molar-refractivity contribution in [1.82, 2.24) is 4.98 Å². The van der Waals surface area contributed by atoms with Gasteiger partial charge in [-0.2, -0.15) is 0 Å². The summed E-state index contributed by atoms with van der Waals surface area (Å²) in [5.74, 6) is 0.838. The van der Waals surface area contributed by atoms with Gasteiger partial charge in [0.1, 0.15) is 5.82 Å². The van der Waals surface area contributed by atoms with Gasteiger partial charge in [-0.1, -0.05) is 34.8 Å². The Labute approximate surface area is 97.6 Å². The maximum atomic E-state index is 5.70. The van der Waals surface area contributed by atoms with Crippen molar-refractivity contribution in [2.75, 3.05) is 5.32 Å². The van der Waals surface area contributed by atoms with Crippen LogP contribution >= 0.6 is 34.8 Å². The third kappa shape index (κ3) is 2.66. The number of nitrogens with one attached hydrogen (secondary N) is 1. The van der Waals surface area contributed by atoms with Crippen molar-refractivity contribution < 1.29 is 0 Å². The Kier molecular flexibility index (Phi) is 2.78. The number of nitrogens with zero attached hydrogens (tertiary/aromatic N) is 1. The maximum Gasteiger partial charge on any atom is 0.217 e. The summed E-state index contributed by atoms with van der Waals surface area (Å²) in [6, 6.07) is 4.18. The van der Waals surface area contributed by atoms with E-state index in [1.807, 2.05) is 6.07 Å². The Balaban J connectivity index is 2.08. The lowest BCUT2D eigenvalue weighted by molar-refractivity contribution is 1.09. The molecule has 0 aromatic carbocycles. The fourth-order valence-corrected chi connectivity index (χ4v) is 1.42. The van der Waals surface area contributed by atoms with E-state index in [2.05, 4.69) is 10.3 Å². The quantitative estimate of drug-likeness (QED) is 0.814. The molecule has 1 aliphatic rings. The number of aromatic nitrogens is 1. The molecule has 5 heteroatoms. The van der Waals surface area contributed by atoms with E-state index >= 15 is 0 Å². The summed E-state index contributed by atoms with van der Waals surface area (Å²) >= 11 is 17.1. The normalized spacial score (nSPS) is 16.8. The zero-order valence-corrected chi connectivity index (χ0v) is 9.57. The van der Waals surface area contributed by atoms with Crippen LogP contribution in [0.2, 0.25) is 0 Å². The standard InChI is InChI=1S/C9H9Cl3N2/c10-9(11,12)6-1-4-8(13-5-6)14-7-2-3-7/h1,4-5,7H,2-3H2,(H,13,14). The number of alkyl halides is 3. The first kappa shape index (κ1) is 10.3. The Morgan fingerprint density at radius 1 is 1.29 bits per heavy atom. The van der Waals surface area contributed by atoms with E-state index in [0.29, 0.717) is 11.6 Å². The van der Waals surface area contributed by atoms with Crippen LogP contribution in [-0.4, -0.2) is 11.0 Å². The van der Waals surface area contributed by atoms with Crippen molar-refractivity contribution in [3.05, 3.63) is 23.9 Å². The zero-order chi connectivity index (χ0) is 10.2. The van der Waals surface area contributed by atoms with E-state index in [1.165, 1.54) is 12.8 Å². The molecule has 2 nitrogen and oxygen atoms in total. The molecule has 0 unspecified atom stereocenters. The van der Waals surface area contributed by atoms with Crippen LogP contribution in [0.15, 0.2) is 18.3 Å². The molecule has 1 heterocycles. The van der Waals surface area contributed by atoms with Crippen LogP contribution < -0.4 is 5.32 Å². The number of hydrogen-bond donors (Lipinski definition) is 1. The van der Waals surface area contributed by atoms with Crippen LogP contribution in [0.1, 0.15) is 18.4 Å². The number of hydrogen-bond acceptors (Lipinski definition) is 2. The molecule has 76 valence electrons. The molecule has 1 N–H and O–H groups in total. The first-order valence-electron chi connectivity index (χ1n) is 4.35. The molecular weight excluding hydrogens is 242 g/mol. The van der Waals surface area contributed by atoms with Gasteiger partial charge in [-0.15, -0.1) is 0 Å². The molecule has 0 radical (unpaired) electrons. The largest absolute Gasteiger partial charge is 0.367 e. The molecule has 1 fully saturated rings. The molecule has 1 saturated carbocycles. The predicted octanol–water partition coefficient (Wildman–Crippen LogP) is 3.48. The lowest BCUT2D eigenvalue weighted by atomic mass is 10.3. The number of halogens is 3. The van der Waals surface area contributed by atoms with Gasteiger partial charge in [-0.25, -0.2) is 4.98 Å². The number of anilines is 1. The fourth-order valence-electron chi connectivity index (χ4n) is 1.08. The molecule has 0 aliphatic heterocycles. The number of pyridine rings is 1. The lowest BCUT2D eigenvalue weighted by Gasteiger charge is -2.11. The summed E-state index contributed by atoms with van der Waals surface area (Å²) in [7, 11) is 0. The van der Waals surface area contributed by atoms with Crippen LogP contribution in [0.5, 0.6) is 0 Å². The van der Waals surface area contributed by atoms with Crippen molar-refractivity contribution in [2.45, 2.75) is 22.7 Å². The van der Waals surface area contributed by atoms with Crippen molar-refractivity contribution in [3.63, 3.8) is 0 Å². The van der Waals surface area contributed by atoms with E-state index in [0.717, 1.165) is 5.82 Å². The van der Waals surface area contributed by atoms with Crippen molar-refractivity contribution >= 4 is 40.6 Å². The van der Waals surface area contributed by atoms with Crippen molar-refractivity contribution in [3.8, 4) is 0 Å². The topological polar surface area (TPSA) is 24.9 Å². The Bertz CT molecular complexity index is 314. The van der Waals surface area contributed by atoms with E-state index in [1.54, 1.807) is 12.3 Å². The second kappa shape index (κ2) is 3.76. The van der Waals surface area contributed by atoms with Crippen LogP contribution in [0.3, 0.4) is 0 Å². The van der Waals surface area contributed by atoms with Gasteiger partial charge in [0.15, 0.2) is 0 Å². The predicted molar refractivity (Wildman–Crippen MR) is 60.1 cm³/mol. The van der Waals surface area contributed by atoms with Gasteiger partial charge >= 0.3 is 0 Å². The van der Waals surface area contributed by atoms with Gasteiger partial charge in [-0.3, -0.25) is 0 Å². The first-order chi connectivity index (χ1) is 6.55. The first-order valence-corrected chi connectivity index (χ1v) is 5.49. The van der Waals surface area contributed by atoms with E-state index < -0.39 is 3.79 Å². The SMILES string of the molecule is ClC(Cl)(Cl)c1ccc(NC2CC2)nc1. The summed E-state index contributed by atoms with van der Waals surface area (Å²) < 4.78 is -1.38. The molecule has 0 atom stereocenters. The fraction of sp³-hybridized carbons (Fsp3) is 0.444. The highest BCUT2D eigenvalue weighted by atomic mass is 35.6. The van der Waals surface area contributed by atoms with Gasteiger partial charge in [-0.05, 0) is 25.0 Å². The summed E-state index contributed by atoms with van der Waals surface area (Å²) in [5.41, 5.74) is 0.587. The molecule has 0 saturated heterocycles. The highest BCUT2D eigenvalue weighted by molar-refractivity contribution is 6.66. The molecule has 0 amide bonds. The lowest BCUT2D eigenvalue weighted by Crippen LogP contribution is -2.05. The van der Waals surface area contributed by atoms with Crippen LogP contribution in [0.4, 0.5) is 5.82 Å². The summed E-state index contributed by atoms with van der Waals surface area (Å²) in [5, 5.41) is 3.25. The molecule has 1 aliphatic carbocycles. The highest BCUT2D eigenvalue weighted by Crippen LogP contribution is 2.38. The maximum absolute atomic E-state index is 5.70.